The Bertz CT molecular complexity index is 415. The van der Waals surface area contributed by atoms with Crippen molar-refractivity contribution in [1.29, 1.82) is 0 Å². The Morgan fingerprint density at radius 1 is 1.50 bits per heavy atom. The first-order chi connectivity index (χ1) is 8.52. The minimum atomic E-state index is 0.541. The monoisotopic (exact) mass is 270 g/mol. The maximum atomic E-state index is 6.33. The molecule has 0 saturated carbocycles. The first kappa shape index (κ1) is 13.8. The van der Waals surface area contributed by atoms with E-state index in [0.717, 1.165) is 36.0 Å². The van der Waals surface area contributed by atoms with Crippen LogP contribution in [0.15, 0.2) is 0 Å². The first-order valence-electron chi connectivity index (χ1n) is 6.68. The summed E-state index contributed by atoms with van der Waals surface area (Å²) in [6.07, 6.45) is 1.17. The molecule has 1 aromatic heterocycles. The Balaban J connectivity index is 2.11. The summed E-state index contributed by atoms with van der Waals surface area (Å²) in [6, 6.07) is 1.13. The van der Waals surface area contributed by atoms with Crippen molar-refractivity contribution in [1.82, 2.24) is 20.0 Å². The third-order valence-corrected chi connectivity index (χ3v) is 4.38. The second-order valence-electron chi connectivity index (χ2n) is 5.26. The number of rotatable bonds is 3. The number of aromatic nitrogens is 2. The maximum absolute atomic E-state index is 6.33. The van der Waals surface area contributed by atoms with E-state index in [1.165, 1.54) is 6.42 Å². The van der Waals surface area contributed by atoms with E-state index in [2.05, 4.69) is 29.2 Å². The zero-order valence-corrected chi connectivity index (χ0v) is 12.5. The highest BCUT2D eigenvalue weighted by Crippen LogP contribution is 2.22. The highest BCUT2D eigenvalue weighted by Gasteiger charge is 2.25. The summed E-state index contributed by atoms with van der Waals surface area (Å²) in [7, 11) is 1.97. The minimum absolute atomic E-state index is 0.541. The van der Waals surface area contributed by atoms with Crippen molar-refractivity contribution in [3.05, 3.63) is 16.4 Å². The fourth-order valence-electron chi connectivity index (χ4n) is 2.53. The van der Waals surface area contributed by atoms with Gasteiger partial charge in [-0.25, -0.2) is 0 Å². The van der Waals surface area contributed by atoms with Gasteiger partial charge in [-0.1, -0.05) is 18.5 Å². The molecule has 1 aromatic rings. The highest BCUT2D eigenvalue weighted by atomic mass is 35.5. The van der Waals surface area contributed by atoms with Crippen LogP contribution >= 0.6 is 11.6 Å². The number of nitrogens with one attached hydrogen (secondary N) is 1. The van der Waals surface area contributed by atoms with Gasteiger partial charge in [-0.15, -0.1) is 0 Å². The number of hydrogen-bond donors (Lipinski definition) is 1. The van der Waals surface area contributed by atoms with E-state index in [4.69, 9.17) is 11.6 Å². The predicted molar refractivity (Wildman–Crippen MR) is 74.9 cm³/mol. The molecule has 102 valence electrons. The van der Waals surface area contributed by atoms with Gasteiger partial charge in [0.2, 0.25) is 0 Å². The number of aryl methyl sites for hydroxylation is 2. The molecule has 1 aliphatic rings. The summed E-state index contributed by atoms with van der Waals surface area (Å²) >= 11 is 6.33. The Morgan fingerprint density at radius 3 is 2.78 bits per heavy atom. The summed E-state index contributed by atoms with van der Waals surface area (Å²) in [4.78, 5) is 2.49. The van der Waals surface area contributed by atoms with Gasteiger partial charge in [0.05, 0.1) is 16.4 Å². The molecule has 18 heavy (non-hydrogen) atoms. The molecule has 4 nitrogen and oxygen atoms in total. The van der Waals surface area contributed by atoms with Crippen LogP contribution in [0.2, 0.25) is 5.02 Å². The van der Waals surface area contributed by atoms with Crippen LogP contribution in [-0.4, -0.2) is 39.9 Å². The summed E-state index contributed by atoms with van der Waals surface area (Å²) in [6.45, 7) is 9.46. The second kappa shape index (κ2) is 5.59. The molecule has 2 rings (SSSR count). The van der Waals surface area contributed by atoms with Crippen LogP contribution in [0.25, 0.3) is 0 Å². The fourth-order valence-corrected chi connectivity index (χ4v) is 2.75. The number of halogens is 1. The molecule has 0 aliphatic carbocycles. The molecule has 1 saturated heterocycles. The third-order valence-electron chi connectivity index (χ3n) is 3.89. The maximum Gasteiger partial charge on any atom is 0.0860 e. The Morgan fingerprint density at radius 2 is 2.22 bits per heavy atom. The lowest BCUT2D eigenvalue weighted by Crippen LogP contribution is -2.54. The van der Waals surface area contributed by atoms with Crippen molar-refractivity contribution in [2.45, 2.75) is 45.8 Å². The average molecular weight is 271 g/mol. The molecule has 0 aromatic carbocycles. The van der Waals surface area contributed by atoms with Crippen LogP contribution in [0.1, 0.15) is 31.7 Å². The van der Waals surface area contributed by atoms with Crippen molar-refractivity contribution in [2.24, 2.45) is 7.05 Å². The van der Waals surface area contributed by atoms with E-state index in [0.29, 0.717) is 12.1 Å². The molecule has 1 aliphatic heterocycles. The van der Waals surface area contributed by atoms with Crippen LogP contribution in [0, 0.1) is 6.92 Å². The van der Waals surface area contributed by atoms with Crippen LogP contribution in [0.3, 0.4) is 0 Å². The van der Waals surface area contributed by atoms with Gasteiger partial charge in [0.15, 0.2) is 0 Å². The molecule has 0 bridgehead atoms. The average Bonchev–Trinajstić information content (AvgIpc) is 2.58. The smallest absolute Gasteiger partial charge is 0.0860 e. The summed E-state index contributed by atoms with van der Waals surface area (Å²) < 4.78 is 1.91. The van der Waals surface area contributed by atoms with Crippen molar-refractivity contribution in [2.75, 3.05) is 13.1 Å². The largest absolute Gasteiger partial charge is 0.311 e. The van der Waals surface area contributed by atoms with Crippen LogP contribution in [-0.2, 0) is 13.6 Å². The fraction of sp³-hybridized carbons (Fsp3) is 0.769. The molecular formula is C13H23ClN4. The zero-order chi connectivity index (χ0) is 13.3. The van der Waals surface area contributed by atoms with E-state index in [1.54, 1.807) is 0 Å². The van der Waals surface area contributed by atoms with Gasteiger partial charge < -0.3 is 5.32 Å². The third kappa shape index (κ3) is 2.71. The van der Waals surface area contributed by atoms with Crippen molar-refractivity contribution >= 4 is 11.6 Å². The molecule has 0 amide bonds. The van der Waals surface area contributed by atoms with Gasteiger partial charge in [-0.05, 0) is 20.3 Å². The second-order valence-corrected chi connectivity index (χ2v) is 5.64. The van der Waals surface area contributed by atoms with Gasteiger partial charge in [0.1, 0.15) is 0 Å². The lowest BCUT2D eigenvalue weighted by Gasteiger charge is -2.38. The predicted octanol–water partition coefficient (Wildman–Crippen LogP) is 1.95. The van der Waals surface area contributed by atoms with Crippen molar-refractivity contribution in [3.63, 3.8) is 0 Å². The molecule has 0 spiro atoms. The number of nitrogens with zero attached hydrogens (tertiary/aromatic N) is 3. The van der Waals surface area contributed by atoms with Gasteiger partial charge in [0, 0.05) is 38.8 Å². The molecule has 2 unspecified atom stereocenters. The summed E-state index contributed by atoms with van der Waals surface area (Å²) in [5, 5.41) is 8.77. The molecule has 1 N–H and O–H groups in total. The molecule has 2 atom stereocenters. The van der Waals surface area contributed by atoms with Crippen LogP contribution < -0.4 is 5.32 Å². The minimum Gasteiger partial charge on any atom is -0.311 e. The molecule has 5 heteroatoms. The van der Waals surface area contributed by atoms with E-state index in [-0.39, 0.29) is 0 Å². The lowest BCUT2D eigenvalue weighted by molar-refractivity contribution is 0.128. The highest BCUT2D eigenvalue weighted by molar-refractivity contribution is 6.31. The van der Waals surface area contributed by atoms with Gasteiger partial charge in [-0.3, -0.25) is 9.58 Å². The van der Waals surface area contributed by atoms with Crippen molar-refractivity contribution < 1.29 is 0 Å². The van der Waals surface area contributed by atoms with Gasteiger partial charge >= 0.3 is 0 Å². The SMILES string of the molecule is CCC1CN(Cc2c(Cl)c(C)nn2C)C(C)CN1. The zero-order valence-electron chi connectivity index (χ0n) is 11.7. The standard InChI is InChI=1S/C13H23ClN4/c1-5-11-7-18(9(2)6-15-11)8-12-13(14)10(3)16-17(12)4/h9,11,15H,5-8H2,1-4H3. The summed E-state index contributed by atoms with van der Waals surface area (Å²) in [5.74, 6) is 0. The van der Waals surface area contributed by atoms with Crippen molar-refractivity contribution in [3.8, 4) is 0 Å². The quantitative estimate of drug-likeness (QED) is 0.912. The van der Waals surface area contributed by atoms with Gasteiger partial charge in [-0.2, -0.15) is 5.10 Å². The van der Waals surface area contributed by atoms with E-state index in [1.807, 2.05) is 18.7 Å². The number of piperazine rings is 1. The summed E-state index contributed by atoms with van der Waals surface area (Å²) in [5.41, 5.74) is 2.04. The topological polar surface area (TPSA) is 33.1 Å². The first-order valence-corrected chi connectivity index (χ1v) is 7.06. The normalized spacial score (nSPS) is 25.6. The van der Waals surface area contributed by atoms with Crippen LogP contribution in [0.4, 0.5) is 0 Å². The molecule has 0 radical (unpaired) electrons. The number of hydrogen-bond acceptors (Lipinski definition) is 3. The lowest BCUT2D eigenvalue weighted by atomic mass is 10.1. The Hall–Kier alpha value is -0.580. The van der Waals surface area contributed by atoms with Gasteiger partial charge in [0.25, 0.3) is 0 Å². The Labute approximate surface area is 114 Å². The molecular weight excluding hydrogens is 248 g/mol. The molecule has 2 heterocycles. The van der Waals surface area contributed by atoms with E-state index in [9.17, 15) is 0 Å². The molecule has 1 fully saturated rings. The van der Waals surface area contributed by atoms with E-state index >= 15 is 0 Å². The Kier molecular flexibility index (Phi) is 4.30. The van der Waals surface area contributed by atoms with E-state index < -0.39 is 0 Å². The van der Waals surface area contributed by atoms with Crippen LogP contribution in [0.5, 0.6) is 0 Å².